The lowest BCUT2D eigenvalue weighted by atomic mass is 9.85. The predicted molar refractivity (Wildman–Crippen MR) is 110 cm³/mol. The highest BCUT2D eigenvalue weighted by Crippen LogP contribution is 2.44. The standard InChI is InChI=1S/C22H16N4O5/c1-29-14-8-11(9-15(30-2)21(14)31-3)18-16-17(25-22-23-10-24-26(18)22)12-6-4-5-7-13(12)19(27)20(16)28/h4-10H,1-3H3. The molecule has 0 amide bonds. The van der Waals surface area contributed by atoms with Gasteiger partial charge in [-0.3, -0.25) is 9.59 Å². The molecule has 9 heteroatoms. The SMILES string of the molecule is COc1cc(-c2c3c(nc4ncnn24)-c2ccccc2C(=O)C3=O)cc(OC)c1OC. The Kier molecular flexibility index (Phi) is 4.18. The van der Waals surface area contributed by atoms with Crippen molar-refractivity contribution in [3.8, 4) is 39.8 Å². The highest BCUT2D eigenvalue weighted by atomic mass is 16.5. The van der Waals surface area contributed by atoms with Gasteiger partial charge in [0.05, 0.1) is 38.3 Å². The summed E-state index contributed by atoms with van der Waals surface area (Å²) in [6.07, 6.45) is 1.34. The average Bonchev–Trinajstić information content (AvgIpc) is 3.28. The van der Waals surface area contributed by atoms with Crippen molar-refractivity contribution in [2.75, 3.05) is 21.3 Å². The fraction of sp³-hybridized carbons (Fsp3) is 0.136. The molecule has 4 aromatic rings. The van der Waals surface area contributed by atoms with Gasteiger partial charge in [-0.05, 0) is 12.1 Å². The molecule has 0 saturated heterocycles. The average molecular weight is 416 g/mol. The van der Waals surface area contributed by atoms with E-state index in [1.807, 2.05) is 0 Å². The molecule has 0 aliphatic heterocycles. The van der Waals surface area contributed by atoms with Crippen molar-refractivity contribution in [3.63, 3.8) is 0 Å². The topological polar surface area (TPSA) is 105 Å². The van der Waals surface area contributed by atoms with Gasteiger partial charge >= 0.3 is 0 Å². The summed E-state index contributed by atoms with van der Waals surface area (Å²) in [6.45, 7) is 0. The second-order valence-corrected chi connectivity index (χ2v) is 6.77. The van der Waals surface area contributed by atoms with Crippen LogP contribution in [0.2, 0.25) is 0 Å². The zero-order chi connectivity index (χ0) is 21.7. The highest BCUT2D eigenvalue weighted by Gasteiger charge is 2.36. The zero-order valence-electron chi connectivity index (χ0n) is 16.9. The van der Waals surface area contributed by atoms with E-state index in [9.17, 15) is 9.59 Å². The third-order valence-corrected chi connectivity index (χ3v) is 5.23. The van der Waals surface area contributed by atoms with Crippen LogP contribution in [0.1, 0.15) is 20.7 Å². The second kappa shape index (κ2) is 6.91. The molecule has 1 aliphatic rings. The number of methoxy groups -OCH3 is 3. The monoisotopic (exact) mass is 416 g/mol. The van der Waals surface area contributed by atoms with Crippen LogP contribution in [0.5, 0.6) is 17.2 Å². The van der Waals surface area contributed by atoms with Crippen LogP contribution in [0.25, 0.3) is 28.3 Å². The summed E-state index contributed by atoms with van der Waals surface area (Å²) in [6, 6.07) is 10.3. The number of aromatic nitrogens is 4. The van der Waals surface area contributed by atoms with Gasteiger partial charge in [0.15, 0.2) is 11.5 Å². The molecule has 0 saturated carbocycles. The minimum Gasteiger partial charge on any atom is -0.493 e. The molecule has 9 nitrogen and oxygen atoms in total. The van der Waals surface area contributed by atoms with E-state index in [2.05, 4.69) is 15.1 Å². The maximum Gasteiger partial charge on any atom is 0.253 e. The Hall–Kier alpha value is -4.27. The van der Waals surface area contributed by atoms with Crippen LogP contribution in [-0.2, 0) is 0 Å². The molecule has 0 N–H and O–H groups in total. The van der Waals surface area contributed by atoms with Gasteiger partial charge in [0, 0.05) is 16.7 Å². The van der Waals surface area contributed by atoms with Crippen molar-refractivity contribution in [3.05, 3.63) is 53.9 Å². The molecule has 5 rings (SSSR count). The first kappa shape index (κ1) is 18.7. The van der Waals surface area contributed by atoms with Crippen LogP contribution in [0.15, 0.2) is 42.7 Å². The quantitative estimate of drug-likeness (QED) is 0.468. The maximum absolute atomic E-state index is 13.2. The van der Waals surface area contributed by atoms with Crippen LogP contribution < -0.4 is 14.2 Å². The highest BCUT2D eigenvalue weighted by molar-refractivity contribution is 6.53. The minimum absolute atomic E-state index is 0.149. The molecule has 2 heterocycles. The molecule has 0 unspecified atom stereocenters. The Morgan fingerprint density at radius 3 is 2.19 bits per heavy atom. The van der Waals surface area contributed by atoms with Crippen LogP contribution in [0.3, 0.4) is 0 Å². The number of rotatable bonds is 4. The number of ketones is 2. The van der Waals surface area contributed by atoms with Gasteiger partial charge in [-0.25, -0.2) is 4.98 Å². The van der Waals surface area contributed by atoms with Crippen molar-refractivity contribution in [2.45, 2.75) is 0 Å². The van der Waals surface area contributed by atoms with Gasteiger partial charge in [0.2, 0.25) is 17.3 Å². The molecule has 0 spiro atoms. The Bertz CT molecular complexity index is 1370. The molecule has 31 heavy (non-hydrogen) atoms. The van der Waals surface area contributed by atoms with Crippen LogP contribution >= 0.6 is 0 Å². The van der Waals surface area contributed by atoms with Crippen molar-refractivity contribution in [1.82, 2.24) is 19.6 Å². The summed E-state index contributed by atoms with van der Waals surface area (Å²) in [4.78, 5) is 34.9. The molecule has 2 aromatic heterocycles. The molecule has 1 aliphatic carbocycles. The number of Topliss-reactive ketones (excluding diaryl/α,β-unsaturated/α-hetero) is 2. The van der Waals surface area contributed by atoms with E-state index in [1.165, 1.54) is 32.2 Å². The predicted octanol–water partition coefficient (Wildman–Crippen LogP) is 2.86. The van der Waals surface area contributed by atoms with E-state index >= 15 is 0 Å². The van der Waals surface area contributed by atoms with Crippen LogP contribution in [-0.4, -0.2) is 52.5 Å². The molecular weight excluding hydrogens is 400 g/mol. The van der Waals surface area contributed by atoms with E-state index in [4.69, 9.17) is 14.2 Å². The van der Waals surface area contributed by atoms with Crippen molar-refractivity contribution in [1.29, 1.82) is 0 Å². The Balaban J connectivity index is 1.92. The van der Waals surface area contributed by atoms with Crippen LogP contribution in [0, 0.1) is 0 Å². The third-order valence-electron chi connectivity index (χ3n) is 5.23. The first-order valence-electron chi connectivity index (χ1n) is 9.31. The lowest BCUT2D eigenvalue weighted by molar-refractivity contribution is 0.0815. The van der Waals surface area contributed by atoms with E-state index in [0.717, 1.165) is 0 Å². The van der Waals surface area contributed by atoms with E-state index < -0.39 is 11.6 Å². The molecule has 154 valence electrons. The van der Waals surface area contributed by atoms with Gasteiger partial charge < -0.3 is 14.2 Å². The smallest absolute Gasteiger partial charge is 0.253 e. The van der Waals surface area contributed by atoms with Gasteiger partial charge in [-0.1, -0.05) is 24.3 Å². The summed E-state index contributed by atoms with van der Waals surface area (Å²) in [7, 11) is 4.50. The number of hydrogen-bond acceptors (Lipinski definition) is 8. The summed E-state index contributed by atoms with van der Waals surface area (Å²) >= 11 is 0. The lowest BCUT2D eigenvalue weighted by Gasteiger charge is -2.21. The van der Waals surface area contributed by atoms with Gasteiger partial charge in [-0.2, -0.15) is 14.6 Å². The molecule has 2 aromatic carbocycles. The summed E-state index contributed by atoms with van der Waals surface area (Å²) in [5, 5.41) is 4.24. The van der Waals surface area contributed by atoms with E-state index in [-0.39, 0.29) is 5.56 Å². The summed E-state index contributed by atoms with van der Waals surface area (Å²) in [5.74, 6) is 0.218. The van der Waals surface area contributed by atoms with Crippen molar-refractivity contribution < 1.29 is 23.8 Å². The first-order valence-corrected chi connectivity index (χ1v) is 9.31. The Labute approximate surface area is 176 Å². The number of nitrogens with zero attached hydrogens (tertiary/aromatic N) is 4. The number of ether oxygens (including phenoxy) is 3. The van der Waals surface area contributed by atoms with Crippen molar-refractivity contribution >= 4 is 17.3 Å². The summed E-state index contributed by atoms with van der Waals surface area (Å²) < 4.78 is 17.8. The van der Waals surface area contributed by atoms with E-state index in [1.54, 1.807) is 36.4 Å². The summed E-state index contributed by atoms with van der Waals surface area (Å²) in [5.41, 5.74) is 2.31. The Morgan fingerprint density at radius 2 is 1.55 bits per heavy atom. The number of benzene rings is 2. The van der Waals surface area contributed by atoms with Crippen LogP contribution in [0.4, 0.5) is 0 Å². The number of carbonyl (C=O) groups is 2. The fourth-order valence-corrected chi connectivity index (χ4v) is 3.86. The second-order valence-electron chi connectivity index (χ2n) is 6.77. The number of fused-ring (bicyclic) bond motifs is 4. The Morgan fingerprint density at radius 1 is 0.871 bits per heavy atom. The molecular formula is C22H16N4O5. The third kappa shape index (κ3) is 2.59. The lowest BCUT2D eigenvalue weighted by Crippen LogP contribution is -2.24. The fourth-order valence-electron chi connectivity index (χ4n) is 3.86. The maximum atomic E-state index is 13.2. The molecule has 0 radical (unpaired) electrons. The normalized spacial score (nSPS) is 12.5. The van der Waals surface area contributed by atoms with Crippen molar-refractivity contribution in [2.24, 2.45) is 0 Å². The zero-order valence-corrected chi connectivity index (χ0v) is 16.9. The van der Waals surface area contributed by atoms with E-state index in [0.29, 0.717) is 51.1 Å². The van der Waals surface area contributed by atoms with Gasteiger partial charge in [0.1, 0.15) is 6.33 Å². The molecule has 0 bridgehead atoms. The van der Waals surface area contributed by atoms with Gasteiger partial charge in [-0.15, -0.1) is 0 Å². The van der Waals surface area contributed by atoms with Gasteiger partial charge in [0.25, 0.3) is 5.78 Å². The number of carbonyl (C=O) groups excluding carboxylic acids is 2. The molecule has 0 atom stereocenters. The largest absolute Gasteiger partial charge is 0.493 e. The minimum atomic E-state index is -0.664. The first-order chi connectivity index (χ1) is 15.1. The molecule has 0 fully saturated rings. The number of hydrogen-bond donors (Lipinski definition) is 0.